The van der Waals surface area contributed by atoms with Crippen molar-refractivity contribution >= 4 is 0 Å². The molecule has 0 radical (unpaired) electrons. The summed E-state index contributed by atoms with van der Waals surface area (Å²) in [5.74, 6) is -0.173. The van der Waals surface area contributed by atoms with Crippen LogP contribution in [0.2, 0.25) is 0 Å². The quantitative estimate of drug-likeness (QED) is 0.712. The fraction of sp³-hybridized carbons (Fsp3) is 0.500. The van der Waals surface area contributed by atoms with Crippen molar-refractivity contribution < 1.29 is 10.2 Å². The fourth-order valence-electron chi connectivity index (χ4n) is 0.955. The number of unbranched alkanes of at least 4 members (excludes halogenated alkanes) is 1. The predicted molar refractivity (Wildman–Crippen MR) is 44.0 cm³/mol. The van der Waals surface area contributed by atoms with Crippen LogP contribution in [0.1, 0.15) is 25.5 Å². The molecule has 1 heterocycles. The highest BCUT2D eigenvalue weighted by molar-refractivity contribution is 5.16. The minimum atomic E-state index is -0.360. The summed E-state index contributed by atoms with van der Waals surface area (Å²) in [6.45, 7) is 2.07. The smallest absolute Gasteiger partial charge is 0.317 e. The van der Waals surface area contributed by atoms with Crippen LogP contribution in [0.5, 0.6) is 11.9 Å². The van der Waals surface area contributed by atoms with Crippen LogP contribution in [0.3, 0.4) is 0 Å². The Kier molecular flexibility index (Phi) is 2.85. The first-order valence-electron chi connectivity index (χ1n) is 3.98. The lowest BCUT2D eigenvalue weighted by Gasteiger charge is -1.99. The van der Waals surface area contributed by atoms with Gasteiger partial charge in [0, 0.05) is 6.07 Å². The van der Waals surface area contributed by atoms with E-state index in [1.807, 2.05) is 0 Å². The van der Waals surface area contributed by atoms with E-state index in [4.69, 9.17) is 10.2 Å². The lowest BCUT2D eigenvalue weighted by Crippen LogP contribution is -1.91. The van der Waals surface area contributed by atoms with Crippen molar-refractivity contribution in [3.05, 3.63) is 11.8 Å². The largest absolute Gasteiger partial charge is 0.493 e. The standard InChI is InChI=1S/C8H12N2O2/c1-2-3-4-6-5-7(11)10-8(12)9-6/h5H,2-4H2,1H3,(H2,9,10,11,12). The van der Waals surface area contributed by atoms with Gasteiger partial charge in [0.1, 0.15) is 0 Å². The molecule has 0 aliphatic rings. The molecule has 0 spiro atoms. The lowest BCUT2D eigenvalue weighted by molar-refractivity contribution is 0.394. The molecule has 1 rings (SSSR count). The van der Waals surface area contributed by atoms with E-state index in [2.05, 4.69) is 16.9 Å². The number of aryl methyl sites for hydroxylation is 1. The minimum Gasteiger partial charge on any atom is -0.493 e. The Morgan fingerprint density at radius 1 is 1.33 bits per heavy atom. The second kappa shape index (κ2) is 3.90. The van der Waals surface area contributed by atoms with Crippen molar-refractivity contribution in [3.8, 4) is 11.9 Å². The molecule has 2 N–H and O–H groups in total. The Labute approximate surface area is 70.9 Å². The number of aromatic hydroxyl groups is 2. The molecule has 0 aromatic carbocycles. The molecule has 0 atom stereocenters. The van der Waals surface area contributed by atoms with Gasteiger partial charge in [0.15, 0.2) is 0 Å². The molecule has 0 saturated heterocycles. The average Bonchev–Trinajstić information content (AvgIpc) is 1.99. The maximum Gasteiger partial charge on any atom is 0.317 e. The molecule has 66 valence electrons. The molecule has 4 heteroatoms. The van der Waals surface area contributed by atoms with Gasteiger partial charge in [-0.15, -0.1) is 0 Å². The summed E-state index contributed by atoms with van der Waals surface area (Å²) in [6.07, 6.45) is 2.82. The van der Waals surface area contributed by atoms with Crippen molar-refractivity contribution in [3.63, 3.8) is 0 Å². The summed E-state index contributed by atoms with van der Waals surface area (Å²) in [4.78, 5) is 7.10. The van der Waals surface area contributed by atoms with Crippen molar-refractivity contribution in [2.75, 3.05) is 0 Å². The molecule has 0 bridgehead atoms. The molecule has 0 aliphatic carbocycles. The number of hydrogen-bond donors (Lipinski definition) is 2. The summed E-state index contributed by atoms with van der Waals surface area (Å²) in [7, 11) is 0. The minimum absolute atomic E-state index is 0.173. The molecule has 1 aromatic heterocycles. The summed E-state index contributed by atoms with van der Waals surface area (Å²) in [6, 6.07) is 1.11. The van der Waals surface area contributed by atoms with Gasteiger partial charge in [0.25, 0.3) is 0 Å². The number of rotatable bonds is 3. The van der Waals surface area contributed by atoms with Crippen molar-refractivity contribution in [2.24, 2.45) is 0 Å². The lowest BCUT2D eigenvalue weighted by atomic mass is 10.2. The molecule has 1 aromatic rings. The van der Waals surface area contributed by atoms with Crippen LogP contribution in [0.15, 0.2) is 6.07 Å². The van der Waals surface area contributed by atoms with Crippen LogP contribution in [-0.2, 0) is 6.42 Å². The third-order valence-electron chi connectivity index (χ3n) is 1.54. The first-order valence-corrected chi connectivity index (χ1v) is 3.98. The monoisotopic (exact) mass is 168 g/mol. The van der Waals surface area contributed by atoms with Gasteiger partial charge in [0.2, 0.25) is 5.88 Å². The van der Waals surface area contributed by atoms with Crippen LogP contribution in [0.25, 0.3) is 0 Å². The van der Waals surface area contributed by atoms with E-state index >= 15 is 0 Å². The third-order valence-corrected chi connectivity index (χ3v) is 1.54. The Morgan fingerprint density at radius 2 is 2.08 bits per heavy atom. The highest BCUT2D eigenvalue weighted by Crippen LogP contribution is 2.12. The number of nitrogens with zero attached hydrogens (tertiary/aromatic N) is 2. The molecule has 0 aliphatic heterocycles. The molecule has 0 unspecified atom stereocenters. The summed E-state index contributed by atoms with van der Waals surface area (Å²) in [5.41, 5.74) is 0.682. The zero-order valence-electron chi connectivity index (χ0n) is 6.99. The van der Waals surface area contributed by atoms with E-state index in [1.165, 1.54) is 6.07 Å². The van der Waals surface area contributed by atoms with E-state index < -0.39 is 0 Å². The van der Waals surface area contributed by atoms with Crippen LogP contribution in [0.4, 0.5) is 0 Å². The first kappa shape index (κ1) is 8.77. The Balaban J connectivity index is 2.72. The van der Waals surface area contributed by atoms with Crippen LogP contribution in [0, 0.1) is 0 Å². The SMILES string of the molecule is CCCCc1cc(O)nc(O)n1. The number of aromatic nitrogens is 2. The van der Waals surface area contributed by atoms with Crippen LogP contribution < -0.4 is 0 Å². The maximum absolute atomic E-state index is 8.98. The fourth-order valence-corrected chi connectivity index (χ4v) is 0.955. The van der Waals surface area contributed by atoms with Gasteiger partial charge in [-0.25, -0.2) is 4.98 Å². The summed E-state index contributed by atoms with van der Waals surface area (Å²) in [5, 5.41) is 17.9. The molecule has 12 heavy (non-hydrogen) atoms. The van der Waals surface area contributed by atoms with E-state index in [-0.39, 0.29) is 11.9 Å². The van der Waals surface area contributed by atoms with Gasteiger partial charge < -0.3 is 10.2 Å². The molecule has 4 nitrogen and oxygen atoms in total. The van der Waals surface area contributed by atoms with Gasteiger partial charge in [0.05, 0.1) is 5.69 Å². The molecule has 0 amide bonds. The van der Waals surface area contributed by atoms with Gasteiger partial charge >= 0.3 is 6.01 Å². The number of hydrogen-bond acceptors (Lipinski definition) is 4. The second-order valence-electron chi connectivity index (χ2n) is 2.62. The zero-order valence-corrected chi connectivity index (χ0v) is 6.99. The topological polar surface area (TPSA) is 66.2 Å². The Hall–Kier alpha value is -1.32. The van der Waals surface area contributed by atoms with Gasteiger partial charge in [-0.05, 0) is 12.8 Å². The van der Waals surface area contributed by atoms with Crippen LogP contribution >= 0.6 is 0 Å². The van der Waals surface area contributed by atoms with E-state index in [0.29, 0.717) is 5.69 Å². The van der Waals surface area contributed by atoms with E-state index in [1.54, 1.807) is 0 Å². The van der Waals surface area contributed by atoms with Gasteiger partial charge in [-0.2, -0.15) is 4.98 Å². The van der Waals surface area contributed by atoms with Crippen LogP contribution in [-0.4, -0.2) is 20.2 Å². The third kappa shape index (κ3) is 2.38. The molecular formula is C8H12N2O2. The van der Waals surface area contributed by atoms with Crippen molar-refractivity contribution in [1.82, 2.24) is 9.97 Å². The summed E-state index contributed by atoms with van der Waals surface area (Å²) < 4.78 is 0. The molecule has 0 saturated carbocycles. The van der Waals surface area contributed by atoms with Gasteiger partial charge in [-0.3, -0.25) is 0 Å². The predicted octanol–water partition coefficient (Wildman–Crippen LogP) is 1.23. The van der Waals surface area contributed by atoms with Crippen molar-refractivity contribution in [1.29, 1.82) is 0 Å². The summed E-state index contributed by atoms with van der Waals surface area (Å²) >= 11 is 0. The second-order valence-corrected chi connectivity index (χ2v) is 2.62. The highest BCUT2D eigenvalue weighted by Gasteiger charge is 2.00. The first-order chi connectivity index (χ1) is 5.72. The molecule has 0 fully saturated rings. The average molecular weight is 168 g/mol. The zero-order chi connectivity index (χ0) is 8.97. The highest BCUT2D eigenvalue weighted by atomic mass is 16.3. The maximum atomic E-state index is 8.98. The van der Waals surface area contributed by atoms with E-state index in [9.17, 15) is 0 Å². The molecular weight excluding hydrogens is 156 g/mol. The van der Waals surface area contributed by atoms with Gasteiger partial charge in [-0.1, -0.05) is 13.3 Å². The Morgan fingerprint density at radius 3 is 2.67 bits per heavy atom. The van der Waals surface area contributed by atoms with Crippen molar-refractivity contribution in [2.45, 2.75) is 26.2 Å². The normalized spacial score (nSPS) is 10.1. The Bertz CT molecular complexity index is 243. The van der Waals surface area contributed by atoms with E-state index in [0.717, 1.165) is 19.3 Å².